The predicted molar refractivity (Wildman–Crippen MR) is 122 cm³/mol. The molecule has 1 aromatic carbocycles. The Morgan fingerprint density at radius 2 is 2.06 bits per heavy atom. The van der Waals surface area contributed by atoms with Crippen molar-refractivity contribution in [3.8, 4) is 16.5 Å². The SMILES string of the molecule is Cc1ccc2nc(COc3cccc(C(=O)NCc4coc(-c5cccs5)n4)c3)cn2c1. The van der Waals surface area contributed by atoms with Crippen LogP contribution in [0.3, 0.4) is 0 Å². The molecule has 0 aliphatic rings. The van der Waals surface area contributed by atoms with Gasteiger partial charge in [-0.05, 0) is 48.2 Å². The first-order valence-electron chi connectivity index (χ1n) is 10.1. The van der Waals surface area contributed by atoms with Gasteiger partial charge in [0.05, 0.1) is 22.8 Å². The number of benzene rings is 1. The third-order valence-corrected chi connectivity index (χ3v) is 5.70. The van der Waals surface area contributed by atoms with E-state index in [0.717, 1.165) is 21.8 Å². The highest BCUT2D eigenvalue weighted by atomic mass is 32.1. The Kier molecular flexibility index (Phi) is 5.43. The molecule has 0 saturated carbocycles. The molecule has 0 aliphatic carbocycles. The second kappa shape index (κ2) is 8.68. The topological polar surface area (TPSA) is 81.7 Å². The van der Waals surface area contributed by atoms with Crippen molar-refractivity contribution in [2.45, 2.75) is 20.1 Å². The number of fused-ring (bicyclic) bond motifs is 1. The quantitative estimate of drug-likeness (QED) is 0.387. The molecule has 4 heterocycles. The summed E-state index contributed by atoms with van der Waals surface area (Å²) in [4.78, 5) is 22.5. The van der Waals surface area contributed by atoms with E-state index in [2.05, 4.69) is 15.3 Å². The number of nitrogens with one attached hydrogen (secondary N) is 1. The smallest absolute Gasteiger partial charge is 0.251 e. The lowest BCUT2D eigenvalue weighted by molar-refractivity contribution is 0.0950. The average molecular weight is 445 g/mol. The van der Waals surface area contributed by atoms with Crippen molar-refractivity contribution in [1.29, 1.82) is 0 Å². The molecule has 4 aromatic heterocycles. The summed E-state index contributed by atoms with van der Waals surface area (Å²) in [7, 11) is 0. The lowest BCUT2D eigenvalue weighted by atomic mass is 10.2. The fourth-order valence-electron chi connectivity index (χ4n) is 3.28. The molecule has 0 saturated heterocycles. The predicted octanol–water partition coefficient (Wildman–Crippen LogP) is 4.87. The fraction of sp³-hybridized carbons (Fsp3) is 0.125. The van der Waals surface area contributed by atoms with E-state index in [9.17, 15) is 4.79 Å². The van der Waals surface area contributed by atoms with Crippen molar-refractivity contribution < 1.29 is 13.9 Å². The molecular weight excluding hydrogens is 424 g/mol. The number of nitrogens with zero attached hydrogens (tertiary/aromatic N) is 3. The summed E-state index contributed by atoms with van der Waals surface area (Å²) in [5, 5.41) is 4.83. The number of aromatic nitrogens is 3. The van der Waals surface area contributed by atoms with Gasteiger partial charge in [0.15, 0.2) is 0 Å². The summed E-state index contributed by atoms with van der Waals surface area (Å²) in [6.45, 7) is 2.63. The zero-order valence-electron chi connectivity index (χ0n) is 17.3. The Labute approximate surface area is 188 Å². The van der Waals surface area contributed by atoms with Crippen molar-refractivity contribution in [2.24, 2.45) is 0 Å². The number of thiophene rings is 1. The number of oxazole rings is 1. The van der Waals surface area contributed by atoms with Crippen molar-refractivity contribution >= 4 is 22.9 Å². The molecule has 0 atom stereocenters. The highest BCUT2D eigenvalue weighted by Crippen LogP contribution is 2.23. The fourth-order valence-corrected chi connectivity index (χ4v) is 3.94. The number of hydrogen-bond acceptors (Lipinski definition) is 6. The summed E-state index contributed by atoms with van der Waals surface area (Å²) in [6, 6.07) is 15.0. The summed E-state index contributed by atoms with van der Waals surface area (Å²) in [5.74, 6) is 0.952. The van der Waals surface area contributed by atoms with Gasteiger partial charge in [0.25, 0.3) is 5.91 Å². The largest absolute Gasteiger partial charge is 0.487 e. The Morgan fingerprint density at radius 1 is 1.12 bits per heavy atom. The van der Waals surface area contributed by atoms with Crippen LogP contribution in [0.5, 0.6) is 5.75 Å². The minimum atomic E-state index is -0.209. The highest BCUT2D eigenvalue weighted by Gasteiger charge is 2.11. The first kappa shape index (κ1) is 20.0. The minimum Gasteiger partial charge on any atom is -0.487 e. The lowest BCUT2D eigenvalue weighted by Crippen LogP contribution is -2.22. The van der Waals surface area contributed by atoms with E-state index in [-0.39, 0.29) is 12.5 Å². The van der Waals surface area contributed by atoms with Gasteiger partial charge in [-0.25, -0.2) is 9.97 Å². The number of hydrogen-bond donors (Lipinski definition) is 1. The molecule has 8 heteroatoms. The molecule has 160 valence electrons. The maximum absolute atomic E-state index is 12.6. The van der Waals surface area contributed by atoms with Crippen LogP contribution in [0, 0.1) is 6.92 Å². The van der Waals surface area contributed by atoms with Crippen LogP contribution in [0.4, 0.5) is 0 Å². The maximum atomic E-state index is 12.6. The first-order chi connectivity index (χ1) is 15.6. The minimum absolute atomic E-state index is 0.209. The highest BCUT2D eigenvalue weighted by molar-refractivity contribution is 7.13. The van der Waals surface area contributed by atoms with Gasteiger partial charge in [0, 0.05) is 18.0 Å². The van der Waals surface area contributed by atoms with Crippen LogP contribution < -0.4 is 10.1 Å². The Bertz CT molecular complexity index is 1370. The summed E-state index contributed by atoms with van der Waals surface area (Å²) >= 11 is 1.55. The number of aryl methyl sites for hydroxylation is 1. The third-order valence-electron chi connectivity index (χ3n) is 4.85. The van der Waals surface area contributed by atoms with E-state index < -0.39 is 0 Å². The van der Waals surface area contributed by atoms with Gasteiger partial charge in [-0.3, -0.25) is 4.79 Å². The molecule has 5 aromatic rings. The van der Waals surface area contributed by atoms with Crippen LogP contribution in [-0.4, -0.2) is 20.3 Å². The van der Waals surface area contributed by atoms with Crippen molar-refractivity contribution in [3.05, 3.63) is 95.1 Å². The van der Waals surface area contributed by atoms with Crippen LogP contribution in [-0.2, 0) is 13.2 Å². The zero-order valence-corrected chi connectivity index (χ0v) is 18.1. The van der Waals surface area contributed by atoms with E-state index in [0.29, 0.717) is 29.5 Å². The Balaban J connectivity index is 1.20. The summed E-state index contributed by atoms with van der Waals surface area (Å²) < 4.78 is 13.3. The maximum Gasteiger partial charge on any atom is 0.251 e. The van der Waals surface area contributed by atoms with E-state index in [4.69, 9.17) is 9.15 Å². The van der Waals surface area contributed by atoms with Gasteiger partial charge in [-0.15, -0.1) is 11.3 Å². The average Bonchev–Trinajstić information content (AvgIpc) is 3.56. The summed E-state index contributed by atoms with van der Waals surface area (Å²) in [5.41, 5.74) is 4.02. The zero-order chi connectivity index (χ0) is 21.9. The second-order valence-corrected chi connectivity index (χ2v) is 8.27. The van der Waals surface area contributed by atoms with Gasteiger partial charge in [0.2, 0.25) is 5.89 Å². The number of pyridine rings is 1. The van der Waals surface area contributed by atoms with Crippen molar-refractivity contribution in [1.82, 2.24) is 19.7 Å². The molecule has 1 amide bonds. The normalized spacial score (nSPS) is 11.0. The van der Waals surface area contributed by atoms with Crippen molar-refractivity contribution in [2.75, 3.05) is 0 Å². The van der Waals surface area contributed by atoms with Gasteiger partial charge >= 0.3 is 0 Å². The first-order valence-corrected chi connectivity index (χ1v) is 11.0. The lowest BCUT2D eigenvalue weighted by Gasteiger charge is -2.07. The number of rotatable bonds is 7. The standard InChI is InChI=1S/C24H20N4O3S/c1-16-7-8-22-26-19(13-28(22)12-16)15-30-20-5-2-4-17(10-20)23(29)25-11-18-14-31-24(27-18)21-6-3-9-32-21/h2-10,12-14H,11,15H2,1H3,(H,25,29). The van der Waals surface area contributed by atoms with Crippen molar-refractivity contribution in [3.63, 3.8) is 0 Å². The van der Waals surface area contributed by atoms with Crippen LogP contribution >= 0.6 is 11.3 Å². The Morgan fingerprint density at radius 3 is 2.94 bits per heavy atom. The van der Waals surface area contributed by atoms with Crippen LogP contribution in [0.15, 0.2) is 77.0 Å². The van der Waals surface area contributed by atoms with Gasteiger partial charge in [-0.1, -0.05) is 18.2 Å². The van der Waals surface area contributed by atoms with E-state index in [1.807, 2.05) is 59.4 Å². The van der Waals surface area contributed by atoms with Gasteiger partial charge < -0.3 is 18.9 Å². The van der Waals surface area contributed by atoms with Crippen LogP contribution in [0.25, 0.3) is 16.4 Å². The van der Waals surface area contributed by atoms with E-state index in [1.54, 1.807) is 35.8 Å². The molecule has 32 heavy (non-hydrogen) atoms. The number of carbonyl (C=O) groups is 1. The van der Waals surface area contributed by atoms with E-state index in [1.165, 1.54) is 0 Å². The molecule has 0 unspecified atom stereocenters. The molecule has 0 spiro atoms. The van der Waals surface area contributed by atoms with Crippen LogP contribution in [0.2, 0.25) is 0 Å². The molecular formula is C24H20N4O3S. The van der Waals surface area contributed by atoms with Gasteiger partial charge in [-0.2, -0.15) is 0 Å². The molecule has 0 aliphatic heterocycles. The second-order valence-electron chi connectivity index (χ2n) is 7.32. The molecule has 7 nitrogen and oxygen atoms in total. The molecule has 0 bridgehead atoms. The molecule has 0 radical (unpaired) electrons. The number of amides is 1. The summed E-state index contributed by atoms with van der Waals surface area (Å²) in [6.07, 6.45) is 5.53. The number of imidazole rings is 1. The monoisotopic (exact) mass is 444 g/mol. The van der Waals surface area contributed by atoms with Crippen LogP contribution in [0.1, 0.15) is 27.3 Å². The molecule has 1 N–H and O–H groups in total. The third kappa shape index (κ3) is 4.40. The molecule has 0 fully saturated rings. The molecule has 5 rings (SSSR count). The Hall–Kier alpha value is -3.91. The number of ether oxygens (including phenoxy) is 1. The van der Waals surface area contributed by atoms with E-state index >= 15 is 0 Å². The number of carbonyl (C=O) groups excluding carboxylic acids is 1. The van der Waals surface area contributed by atoms with Gasteiger partial charge in [0.1, 0.15) is 24.3 Å².